The SMILES string of the molecule is CN1CCN(c2nc3cc(C(N)=O)c(C(F)(F)F)cc3n3nnnc23)CC1. The Morgan fingerprint density at radius 1 is 1.19 bits per heavy atom. The smallest absolute Gasteiger partial charge is 0.366 e. The summed E-state index contributed by atoms with van der Waals surface area (Å²) in [5.41, 5.74) is 3.84. The number of benzene rings is 1. The van der Waals surface area contributed by atoms with Gasteiger partial charge in [0.2, 0.25) is 11.6 Å². The number of nitrogens with zero attached hydrogens (tertiary/aromatic N) is 7. The average molecular weight is 380 g/mol. The first-order valence-corrected chi connectivity index (χ1v) is 8.12. The Kier molecular flexibility index (Phi) is 3.87. The number of hydrogen-bond acceptors (Lipinski definition) is 7. The lowest BCUT2D eigenvalue weighted by Crippen LogP contribution is -2.45. The van der Waals surface area contributed by atoms with Crippen LogP contribution in [0.5, 0.6) is 0 Å². The predicted molar refractivity (Wildman–Crippen MR) is 89.3 cm³/mol. The average Bonchev–Trinajstić information content (AvgIpc) is 3.09. The van der Waals surface area contributed by atoms with Crippen LogP contribution in [0.4, 0.5) is 19.0 Å². The van der Waals surface area contributed by atoms with Crippen LogP contribution < -0.4 is 10.6 Å². The molecule has 3 heterocycles. The van der Waals surface area contributed by atoms with E-state index < -0.39 is 23.2 Å². The number of amides is 1. The van der Waals surface area contributed by atoms with Gasteiger partial charge in [0, 0.05) is 26.2 Å². The monoisotopic (exact) mass is 380 g/mol. The van der Waals surface area contributed by atoms with E-state index in [1.165, 1.54) is 4.52 Å². The van der Waals surface area contributed by atoms with Gasteiger partial charge in [-0.3, -0.25) is 4.79 Å². The lowest BCUT2D eigenvalue weighted by atomic mass is 10.0. The Hall–Kier alpha value is -3.02. The van der Waals surface area contributed by atoms with Crippen molar-refractivity contribution in [2.24, 2.45) is 5.73 Å². The molecule has 1 aliphatic rings. The van der Waals surface area contributed by atoms with Crippen LogP contribution in [-0.4, -0.2) is 69.1 Å². The molecule has 2 N–H and O–H groups in total. The number of aromatic nitrogens is 5. The lowest BCUT2D eigenvalue weighted by molar-refractivity contribution is -0.137. The first-order chi connectivity index (χ1) is 12.8. The minimum Gasteiger partial charge on any atom is -0.366 e. The molecule has 3 aromatic rings. The van der Waals surface area contributed by atoms with Gasteiger partial charge in [-0.1, -0.05) is 0 Å². The van der Waals surface area contributed by atoms with Gasteiger partial charge in [0.1, 0.15) is 0 Å². The Balaban J connectivity index is 1.97. The number of tetrazole rings is 1. The molecule has 4 rings (SSSR count). The number of alkyl halides is 3. The molecule has 0 aliphatic carbocycles. The molecular formula is C15H15F3N8O. The normalized spacial score (nSPS) is 16.4. The molecule has 27 heavy (non-hydrogen) atoms. The fourth-order valence-corrected chi connectivity index (χ4v) is 3.16. The van der Waals surface area contributed by atoms with E-state index in [0.717, 1.165) is 25.2 Å². The molecule has 12 heteroatoms. The zero-order valence-electron chi connectivity index (χ0n) is 14.2. The van der Waals surface area contributed by atoms with E-state index >= 15 is 0 Å². The molecule has 9 nitrogen and oxygen atoms in total. The van der Waals surface area contributed by atoms with E-state index in [1.54, 1.807) is 0 Å². The molecule has 1 amide bonds. The van der Waals surface area contributed by atoms with Gasteiger partial charge in [-0.05, 0) is 29.6 Å². The van der Waals surface area contributed by atoms with Crippen LogP contribution in [0.15, 0.2) is 12.1 Å². The molecule has 2 aromatic heterocycles. The summed E-state index contributed by atoms with van der Waals surface area (Å²) in [5, 5.41) is 11.3. The number of hydrogen-bond donors (Lipinski definition) is 1. The van der Waals surface area contributed by atoms with Crippen LogP contribution in [0.3, 0.4) is 0 Å². The van der Waals surface area contributed by atoms with Gasteiger partial charge >= 0.3 is 6.18 Å². The molecule has 1 saturated heterocycles. The van der Waals surface area contributed by atoms with Crippen LogP contribution in [0, 0.1) is 0 Å². The summed E-state index contributed by atoms with van der Waals surface area (Å²) in [6, 6.07) is 1.85. The van der Waals surface area contributed by atoms with E-state index in [1.807, 2.05) is 11.9 Å². The van der Waals surface area contributed by atoms with Crippen LogP contribution in [0.1, 0.15) is 15.9 Å². The summed E-state index contributed by atoms with van der Waals surface area (Å²) >= 11 is 0. The van der Waals surface area contributed by atoms with Crippen molar-refractivity contribution in [1.29, 1.82) is 0 Å². The van der Waals surface area contributed by atoms with Crippen LogP contribution in [0.2, 0.25) is 0 Å². The van der Waals surface area contributed by atoms with Crippen molar-refractivity contribution >= 4 is 28.4 Å². The number of anilines is 1. The molecule has 1 fully saturated rings. The summed E-state index contributed by atoms with van der Waals surface area (Å²) in [4.78, 5) is 20.2. The predicted octanol–water partition coefficient (Wildman–Crippen LogP) is 0.542. The quantitative estimate of drug-likeness (QED) is 0.692. The third-order valence-corrected chi connectivity index (χ3v) is 4.61. The zero-order chi connectivity index (χ0) is 19.3. The Morgan fingerprint density at radius 3 is 2.52 bits per heavy atom. The first kappa shape index (κ1) is 17.4. The number of carbonyl (C=O) groups excluding carboxylic acids is 1. The summed E-state index contributed by atoms with van der Waals surface area (Å²) in [7, 11) is 2.00. The number of primary amides is 1. The highest BCUT2D eigenvalue weighted by Crippen LogP contribution is 2.35. The molecule has 1 aliphatic heterocycles. The second-order valence-corrected chi connectivity index (χ2v) is 6.39. The number of likely N-dealkylation sites (N-methyl/N-ethyl adjacent to an activating group) is 1. The van der Waals surface area contributed by atoms with Gasteiger partial charge in [-0.25, -0.2) is 4.98 Å². The van der Waals surface area contributed by atoms with Crippen molar-refractivity contribution in [3.63, 3.8) is 0 Å². The van der Waals surface area contributed by atoms with Crippen LogP contribution in [-0.2, 0) is 6.18 Å². The van der Waals surface area contributed by atoms with Crippen molar-refractivity contribution in [2.75, 3.05) is 38.1 Å². The third kappa shape index (κ3) is 2.91. The minimum atomic E-state index is -4.75. The Morgan fingerprint density at radius 2 is 1.89 bits per heavy atom. The van der Waals surface area contributed by atoms with Gasteiger partial charge in [-0.15, -0.1) is 5.10 Å². The largest absolute Gasteiger partial charge is 0.417 e. The summed E-state index contributed by atoms with van der Waals surface area (Å²) < 4.78 is 41.3. The highest BCUT2D eigenvalue weighted by Gasteiger charge is 2.36. The van der Waals surface area contributed by atoms with Crippen molar-refractivity contribution in [2.45, 2.75) is 6.18 Å². The number of nitrogens with two attached hydrogens (primary N) is 1. The number of fused-ring (bicyclic) bond motifs is 3. The summed E-state index contributed by atoms with van der Waals surface area (Å²) in [6.45, 7) is 2.93. The number of halogens is 3. The van der Waals surface area contributed by atoms with Gasteiger partial charge in [0.15, 0.2) is 5.82 Å². The number of carbonyl (C=O) groups is 1. The highest BCUT2D eigenvalue weighted by molar-refractivity contribution is 5.99. The second-order valence-electron chi connectivity index (χ2n) is 6.39. The maximum absolute atomic E-state index is 13.4. The van der Waals surface area contributed by atoms with Crippen molar-refractivity contribution in [1.82, 2.24) is 29.9 Å². The molecule has 1 aromatic carbocycles. The van der Waals surface area contributed by atoms with E-state index in [2.05, 4.69) is 25.4 Å². The van der Waals surface area contributed by atoms with Gasteiger partial charge in [0.05, 0.1) is 22.2 Å². The van der Waals surface area contributed by atoms with Crippen molar-refractivity contribution in [3.8, 4) is 0 Å². The van der Waals surface area contributed by atoms with Gasteiger partial charge < -0.3 is 15.5 Å². The van der Waals surface area contributed by atoms with E-state index in [-0.39, 0.29) is 16.7 Å². The molecule has 142 valence electrons. The molecule has 0 saturated carbocycles. The van der Waals surface area contributed by atoms with E-state index in [0.29, 0.717) is 18.9 Å². The van der Waals surface area contributed by atoms with E-state index in [4.69, 9.17) is 5.73 Å². The van der Waals surface area contributed by atoms with Crippen LogP contribution in [0.25, 0.3) is 16.7 Å². The fraction of sp³-hybridized carbons (Fsp3) is 0.400. The van der Waals surface area contributed by atoms with Gasteiger partial charge in [0.25, 0.3) is 0 Å². The second kappa shape index (κ2) is 6.01. The molecule has 0 radical (unpaired) electrons. The molecule has 0 bridgehead atoms. The third-order valence-electron chi connectivity index (χ3n) is 4.61. The first-order valence-electron chi connectivity index (χ1n) is 8.12. The fourth-order valence-electron chi connectivity index (χ4n) is 3.16. The Bertz CT molecular complexity index is 1040. The zero-order valence-corrected chi connectivity index (χ0v) is 14.2. The van der Waals surface area contributed by atoms with Crippen molar-refractivity contribution in [3.05, 3.63) is 23.3 Å². The van der Waals surface area contributed by atoms with E-state index in [9.17, 15) is 18.0 Å². The number of rotatable bonds is 2. The number of piperazine rings is 1. The standard InChI is InChI=1S/C15H15F3N8O/c1-24-2-4-25(5-3-24)13-14-21-22-23-26(14)11-7-9(15(16,17)18)8(12(19)27)6-10(11)20-13/h6-7H,2-5H2,1H3,(H2,19,27). The maximum Gasteiger partial charge on any atom is 0.417 e. The summed E-state index contributed by atoms with van der Waals surface area (Å²) in [5.74, 6) is -0.722. The topological polar surface area (TPSA) is 106 Å². The van der Waals surface area contributed by atoms with Gasteiger partial charge in [-0.2, -0.15) is 17.7 Å². The maximum atomic E-state index is 13.4. The molecule has 0 unspecified atom stereocenters. The Labute approximate surface area is 150 Å². The summed E-state index contributed by atoms with van der Waals surface area (Å²) in [6.07, 6.45) is -4.75. The van der Waals surface area contributed by atoms with Crippen molar-refractivity contribution < 1.29 is 18.0 Å². The molecular weight excluding hydrogens is 365 g/mol. The highest BCUT2D eigenvalue weighted by atomic mass is 19.4. The lowest BCUT2D eigenvalue weighted by Gasteiger charge is -2.33. The minimum absolute atomic E-state index is 0.0465. The molecule has 0 atom stereocenters. The molecule has 0 spiro atoms. The van der Waals surface area contributed by atoms with Crippen LogP contribution >= 0.6 is 0 Å².